The minimum Gasteiger partial charge on any atom is -0.341 e. The van der Waals surface area contributed by atoms with Gasteiger partial charge in [0, 0.05) is 26.2 Å². The van der Waals surface area contributed by atoms with Gasteiger partial charge in [0.2, 0.25) is 5.91 Å². The summed E-state index contributed by atoms with van der Waals surface area (Å²) in [6, 6.07) is 0.0331. The van der Waals surface area contributed by atoms with Crippen molar-refractivity contribution >= 4 is 5.91 Å². The Labute approximate surface area is 111 Å². The zero-order chi connectivity index (χ0) is 13.0. The Hall–Kier alpha value is -0.610. The maximum atomic E-state index is 12.3. The van der Waals surface area contributed by atoms with Crippen LogP contribution in [0, 0.1) is 0 Å². The minimum absolute atomic E-state index is 0.0331. The lowest BCUT2D eigenvalue weighted by atomic mass is 10.2. The molecule has 0 N–H and O–H groups in total. The summed E-state index contributed by atoms with van der Waals surface area (Å²) in [5.41, 5.74) is 0. The van der Waals surface area contributed by atoms with Crippen molar-refractivity contribution in [1.29, 1.82) is 0 Å². The third-order valence-corrected chi connectivity index (χ3v) is 4.40. The first-order valence-corrected chi connectivity index (χ1v) is 7.40. The molecule has 4 nitrogen and oxygen atoms in total. The largest absolute Gasteiger partial charge is 0.341 e. The molecule has 1 atom stereocenters. The second-order valence-corrected chi connectivity index (χ2v) is 5.74. The second kappa shape index (κ2) is 6.53. The van der Waals surface area contributed by atoms with Gasteiger partial charge in [0.05, 0.1) is 6.04 Å². The molecule has 0 aromatic rings. The quantitative estimate of drug-likeness (QED) is 0.732. The number of amides is 1. The fraction of sp³-hybridized carbons (Fsp3) is 0.929. The van der Waals surface area contributed by atoms with Crippen molar-refractivity contribution in [3.8, 4) is 0 Å². The second-order valence-electron chi connectivity index (χ2n) is 5.74. The normalized spacial score (nSPS) is 22.9. The predicted molar refractivity (Wildman–Crippen MR) is 73.6 cm³/mol. The Morgan fingerprint density at radius 3 is 2.28 bits per heavy atom. The van der Waals surface area contributed by atoms with Gasteiger partial charge in [-0.25, -0.2) is 0 Å². The Kier molecular flexibility index (Phi) is 5.01. The van der Waals surface area contributed by atoms with Crippen molar-refractivity contribution in [2.75, 3.05) is 46.3 Å². The Morgan fingerprint density at radius 1 is 1.11 bits per heavy atom. The topological polar surface area (TPSA) is 26.8 Å². The highest BCUT2D eigenvalue weighted by Crippen LogP contribution is 2.12. The monoisotopic (exact) mass is 253 g/mol. The van der Waals surface area contributed by atoms with E-state index in [0.717, 1.165) is 26.2 Å². The van der Waals surface area contributed by atoms with Gasteiger partial charge in [0.15, 0.2) is 0 Å². The molecule has 2 rings (SSSR count). The highest BCUT2D eigenvalue weighted by Gasteiger charge is 2.26. The molecule has 2 fully saturated rings. The molecule has 0 aliphatic carbocycles. The van der Waals surface area contributed by atoms with Crippen LogP contribution in [0.25, 0.3) is 0 Å². The van der Waals surface area contributed by atoms with Crippen molar-refractivity contribution in [1.82, 2.24) is 14.7 Å². The maximum Gasteiger partial charge on any atom is 0.239 e. The summed E-state index contributed by atoms with van der Waals surface area (Å²) in [6.45, 7) is 8.55. The van der Waals surface area contributed by atoms with Crippen LogP contribution >= 0.6 is 0 Å². The van der Waals surface area contributed by atoms with E-state index in [2.05, 4.69) is 16.8 Å². The minimum atomic E-state index is 0.0331. The molecule has 104 valence electrons. The molecule has 0 aromatic carbocycles. The molecule has 0 aromatic heterocycles. The van der Waals surface area contributed by atoms with Crippen LogP contribution in [-0.4, -0.2) is 73.0 Å². The summed E-state index contributed by atoms with van der Waals surface area (Å²) in [6.07, 6.45) is 5.03. The number of likely N-dealkylation sites (N-methyl/N-ethyl adjacent to an activating group) is 1. The number of likely N-dealkylation sites (tertiary alicyclic amines) is 2. The van der Waals surface area contributed by atoms with Gasteiger partial charge in [0.1, 0.15) is 0 Å². The number of hydrogen-bond donors (Lipinski definition) is 0. The highest BCUT2D eigenvalue weighted by molar-refractivity contribution is 5.81. The number of rotatable bonds is 5. The molecule has 4 heteroatoms. The molecule has 2 saturated heterocycles. The molecule has 2 aliphatic heterocycles. The number of nitrogens with zero attached hydrogens (tertiary/aromatic N) is 3. The van der Waals surface area contributed by atoms with Crippen molar-refractivity contribution in [2.24, 2.45) is 0 Å². The van der Waals surface area contributed by atoms with Crippen molar-refractivity contribution in [2.45, 2.75) is 38.6 Å². The maximum absolute atomic E-state index is 12.3. The van der Waals surface area contributed by atoms with E-state index in [-0.39, 0.29) is 6.04 Å². The van der Waals surface area contributed by atoms with E-state index in [1.54, 1.807) is 0 Å². The van der Waals surface area contributed by atoms with E-state index in [0.29, 0.717) is 5.91 Å². The van der Waals surface area contributed by atoms with Gasteiger partial charge in [-0.3, -0.25) is 9.69 Å². The van der Waals surface area contributed by atoms with Crippen molar-refractivity contribution in [3.63, 3.8) is 0 Å². The van der Waals surface area contributed by atoms with Crippen LogP contribution < -0.4 is 0 Å². The average molecular weight is 253 g/mol. The first-order chi connectivity index (χ1) is 8.68. The van der Waals surface area contributed by atoms with E-state index in [1.807, 2.05) is 11.8 Å². The van der Waals surface area contributed by atoms with Crippen LogP contribution in [0.5, 0.6) is 0 Å². The Bertz CT molecular complexity index is 270. The molecule has 0 saturated carbocycles. The summed E-state index contributed by atoms with van der Waals surface area (Å²) in [4.78, 5) is 19.0. The number of carbonyl (C=O) groups is 1. The lowest BCUT2D eigenvalue weighted by molar-refractivity contribution is -0.134. The summed E-state index contributed by atoms with van der Waals surface area (Å²) in [5, 5.41) is 0. The molecule has 0 bridgehead atoms. The summed E-state index contributed by atoms with van der Waals surface area (Å²) in [5.74, 6) is 0.316. The Morgan fingerprint density at radius 2 is 1.67 bits per heavy atom. The van der Waals surface area contributed by atoms with Crippen LogP contribution in [0.15, 0.2) is 0 Å². The third-order valence-electron chi connectivity index (χ3n) is 4.40. The van der Waals surface area contributed by atoms with Gasteiger partial charge < -0.3 is 9.80 Å². The predicted octanol–water partition coefficient (Wildman–Crippen LogP) is 1.02. The summed E-state index contributed by atoms with van der Waals surface area (Å²) >= 11 is 0. The fourth-order valence-corrected chi connectivity index (χ4v) is 2.89. The first-order valence-electron chi connectivity index (χ1n) is 7.40. The Balaban J connectivity index is 1.72. The van der Waals surface area contributed by atoms with Gasteiger partial charge in [-0.15, -0.1) is 0 Å². The summed E-state index contributed by atoms with van der Waals surface area (Å²) < 4.78 is 0. The first kappa shape index (κ1) is 13.8. The van der Waals surface area contributed by atoms with E-state index >= 15 is 0 Å². The highest BCUT2D eigenvalue weighted by atomic mass is 16.2. The molecule has 0 radical (unpaired) electrons. The molecule has 1 amide bonds. The van der Waals surface area contributed by atoms with E-state index in [4.69, 9.17) is 0 Å². The molecule has 0 spiro atoms. The van der Waals surface area contributed by atoms with Crippen molar-refractivity contribution in [3.05, 3.63) is 0 Å². The smallest absolute Gasteiger partial charge is 0.239 e. The molecular weight excluding hydrogens is 226 g/mol. The van der Waals surface area contributed by atoms with E-state index in [1.165, 1.54) is 38.8 Å². The summed E-state index contributed by atoms with van der Waals surface area (Å²) in [7, 11) is 2.08. The molecule has 2 heterocycles. The third kappa shape index (κ3) is 3.45. The molecule has 0 unspecified atom stereocenters. The zero-order valence-electron chi connectivity index (χ0n) is 11.9. The van der Waals surface area contributed by atoms with E-state index in [9.17, 15) is 4.79 Å². The zero-order valence-corrected chi connectivity index (χ0v) is 11.9. The lowest BCUT2D eigenvalue weighted by Crippen LogP contribution is -2.46. The van der Waals surface area contributed by atoms with Gasteiger partial charge in [-0.1, -0.05) is 0 Å². The standard InChI is InChI=1S/C14H27N3O/c1-13(14(18)17-9-5-6-10-17)15(2)11-12-16-7-3-4-8-16/h13H,3-12H2,1-2H3/t13-/m1/s1. The van der Waals surface area contributed by atoms with Gasteiger partial charge in [0.25, 0.3) is 0 Å². The number of carbonyl (C=O) groups excluding carboxylic acids is 1. The molecule has 2 aliphatic rings. The SMILES string of the molecule is C[C@H](C(=O)N1CCCC1)N(C)CCN1CCCC1. The van der Waals surface area contributed by atoms with Crippen LogP contribution in [0.4, 0.5) is 0 Å². The molecular formula is C14H27N3O. The van der Waals surface area contributed by atoms with E-state index < -0.39 is 0 Å². The lowest BCUT2D eigenvalue weighted by Gasteiger charge is -2.29. The van der Waals surface area contributed by atoms with Gasteiger partial charge in [-0.2, -0.15) is 0 Å². The fourth-order valence-electron chi connectivity index (χ4n) is 2.89. The molecule has 18 heavy (non-hydrogen) atoms. The average Bonchev–Trinajstić information content (AvgIpc) is 3.06. The van der Waals surface area contributed by atoms with Gasteiger partial charge in [-0.05, 0) is 52.7 Å². The number of hydrogen-bond acceptors (Lipinski definition) is 3. The van der Waals surface area contributed by atoms with Crippen LogP contribution in [0.3, 0.4) is 0 Å². The van der Waals surface area contributed by atoms with Crippen LogP contribution in [0.2, 0.25) is 0 Å². The van der Waals surface area contributed by atoms with Gasteiger partial charge >= 0.3 is 0 Å². The van der Waals surface area contributed by atoms with Crippen LogP contribution in [0.1, 0.15) is 32.6 Å². The van der Waals surface area contributed by atoms with Crippen LogP contribution in [-0.2, 0) is 4.79 Å². The van der Waals surface area contributed by atoms with Crippen molar-refractivity contribution < 1.29 is 4.79 Å².